The van der Waals surface area contributed by atoms with E-state index in [4.69, 9.17) is 0 Å². The first-order chi connectivity index (χ1) is 14.3. The maximum atomic E-state index is 13.1. The molecule has 170 valence electrons. The maximum Gasteiger partial charge on any atom is 0.227 e. The summed E-state index contributed by atoms with van der Waals surface area (Å²) >= 11 is 0. The fourth-order valence-electron chi connectivity index (χ4n) is 3.87. The molecule has 1 unspecified atom stereocenters. The van der Waals surface area contributed by atoms with E-state index < -0.39 is 10.0 Å². The van der Waals surface area contributed by atoms with Crippen molar-refractivity contribution >= 4 is 28.3 Å². The molecule has 31 heavy (non-hydrogen) atoms. The Morgan fingerprint density at radius 2 is 1.71 bits per heavy atom. The van der Waals surface area contributed by atoms with Gasteiger partial charge in [-0.15, -0.1) is 12.4 Å². The van der Waals surface area contributed by atoms with Crippen LogP contribution in [0.2, 0.25) is 0 Å². The van der Waals surface area contributed by atoms with Crippen molar-refractivity contribution in [2.75, 3.05) is 32.9 Å². The zero-order chi connectivity index (χ0) is 21.6. The Bertz CT molecular complexity index is 948. The number of carbonyl (C=O) groups is 1. The van der Waals surface area contributed by atoms with Gasteiger partial charge in [0.25, 0.3) is 0 Å². The number of benzene rings is 2. The third-order valence-electron chi connectivity index (χ3n) is 5.56. The minimum Gasteiger partial charge on any atom is -0.337 e. The molecule has 0 aromatic heterocycles. The van der Waals surface area contributed by atoms with Gasteiger partial charge in [-0.2, -0.15) is 0 Å². The van der Waals surface area contributed by atoms with Gasteiger partial charge in [0, 0.05) is 20.1 Å². The fourth-order valence-corrected chi connectivity index (χ4v) is 4.30. The number of nitrogens with zero attached hydrogens (tertiary/aromatic N) is 2. The van der Waals surface area contributed by atoms with Gasteiger partial charge in [-0.05, 0) is 42.6 Å². The van der Waals surface area contributed by atoms with Crippen molar-refractivity contribution in [1.82, 2.24) is 14.5 Å². The zero-order valence-corrected chi connectivity index (χ0v) is 19.8. The fraction of sp³-hybridized carbons (Fsp3) is 0.435. The highest BCUT2D eigenvalue weighted by Gasteiger charge is 2.25. The average molecular weight is 466 g/mol. The van der Waals surface area contributed by atoms with Crippen LogP contribution in [0.5, 0.6) is 0 Å². The van der Waals surface area contributed by atoms with Crippen molar-refractivity contribution in [2.45, 2.75) is 31.8 Å². The van der Waals surface area contributed by atoms with Gasteiger partial charge in [-0.3, -0.25) is 4.79 Å². The highest BCUT2D eigenvalue weighted by molar-refractivity contribution is 7.88. The van der Waals surface area contributed by atoms with Gasteiger partial charge in [0.2, 0.25) is 15.9 Å². The first kappa shape index (κ1) is 25.3. The molecule has 1 aliphatic heterocycles. The van der Waals surface area contributed by atoms with Crippen LogP contribution in [-0.4, -0.2) is 57.1 Å². The van der Waals surface area contributed by atoms with Crippen molar-refractivity contribution in [2.24, 2.45) is 0 Å². The predicted molar refractivity (Wildman–Crippen MR) is 127 cm³/mol. The lowest BCUT2D eigenvalue weighted by molar-refractivity contribution is -0.131. The van der Waals surface area contributed by atoms with Crippen molar-refractivity contribution < 1.29 is 13.2 Å². The summed E-state index contributed by atoms with van der Waals surface area (Å²) in [6.45, 7) is 3.23. The van der Waals surface area contributed by atoms with E-state index in [-0.39, 0.29) is 37.3 Å². The van der Waals surface area contributed by atoms with Crippen LogP contribution >= 0.6 is 12.4 Å². The van der Waals surface area contributed by atoms with Crippen molar-refractivity contribution in [3.8, 4) is 0 Å². The number of hydrogen-bond donors (Lipinski definition) is 1. The van der Waals surface area contributed by atoms with E-state index in [9.17, 15) is 13.2 Å². The summed E-state index contributed by atoms with van der Waals surface area (Å²) in [4.78, 5) is 17.4. The van der Waals surface area contributed by atoms with Gasteiger partial charge in [0.1, 0.15) is 0 Å². The quantitative estimate of drug-likeness (QED) is 0.618. The Labute approximate surface area is 192 Å². The first-order valence-corrected chi connectivity index (χ1v) is 12.3. The largest absolute Gasteiger partial charge is 0.337 e. The van der Waals surface area contributed by atoms with E-state index in [1.807, 2.05) is 54.4 Å². The number of rotatable bonds is 9. The lowest BCUT2D eigenvalue weighted by Crippen LogP contribution is -2.39. The third-order valence-corrected chi connectivity index (χ3v) is 6.23. The Morgan fingerprint density at radius 3 is 2.35 bits per heavy atom. The summed E-state index contributed by atoms with van der Waals surface area (Å²) in [5.41, 5.74) is 2.86. The molecule has 1 aliphatic rings. The van der Waals surface area contributed by atoms with Crippen LogP contribution in [0.3, 0.4) is 0 Å². The molecule has 2 aromatic rings. The molecule has 0 bridgehead atoms. The third kappa shape index (κ3) is 7.92. The molecule has 1 heterocycles. The van der Waals surface area contributed by atoms with Gasteiger partial charge < -0.3 is 9.80 Å². The minimum atomic E-state index is -3.25. The molecule has 3 rings (SSSR count). The van der Waals surface area contributed by atoms with Crippen LogP contribution < -0.4 is 4.72 Å². The molecule has 1 saturated heterocycles. The Kier molecular flexibility index (Phi) is 9.50. The summed E-state index contributed by atoms with van der Waals surface area (Å²) < 4.78 is 25.2. The van der Waals surface area contributed by atoms with E-state index >= 15 is 0 Å². The molecule has 8 heteroatoms. The van der Waals surface area contributed by atoms with E-state index in [0.717, 1.165) is 42.6 Å². The number of likely N-dealkylation sites (N-methyl/N-ethyl adjacent to an activating group) is 1. The molecule has 1 atom stereocenters. The zero-order valence-electron chi connectivity index (χ0n) is 18.2. The highest BCUT2D eigenvalue weighted by atomic mass is 35.5. The Morgan fingerprint density at radius 1 is 1.06 bits per heavy atom. The molecule has 6 nitrogen and oxygen atoms in total. The second kappa shape index (κ2) is 11.6. The van der Waals surface area contributed by atoms with E-state index in [1.165, 1.54) is 12.8 Å². The van der Waals surface area contributed by atoms with Gasteiger partial charge in [0.05, 0.1) is 18.7 Å². The summed E-state index contributed by atoms with van der Waals surface area (Å²) in [7, 11) is -1.37. The first-order valence-electron chi connectivity index (χ1n) is 10.4. The number of halogens is 1. The van der Waals surface area contributed by atoms with Crippen LogP contribution in [-0.2, 0) is 27.8 Å². The number of likely N-dealkylation sites (tertiary alicyclic amines) is 1. The molecule has 0 saturated carbocycles. The molecule has 1 amide bonds. The molecule has 2 aromatic carbocycles. The molecule has 1 fully saturated rings. The normalized spacial score (nSPS) is 15.3. The highest BCUT2D eigenvalue weighted by Crippen LogP contribution is 2.23. The summed E-state index contributed by atoms with van der Waals surface area (Å²) in [6.07, 6.45) is 3.85. The van der Waals surface area contributed by atoms with E-state index in [0.29, 0.717) is 0 Å². The molecular formula is C23H32ClN3O3S. The van der Waals surface area contributed by atoms with Crippen LogP contribution in [0.15, 0.2) is 54.6 Å². The van der Waals surface area contributed by atoms with Gasteiger partial charge >= 0.3 is 0 Å². The summed E-state index contributed by atoms with van der Waals surface area (Å²) in [5, 5.41) is 0. The lowest BCUT2D eigenvalue weighted by atomic mass is 10.0. The monoisotopic (exact) mass is 465 g/mol. The molecule has 1 N–H and O–H groups in total. The topological polar surface area (TPSA) is 69.7 Å². The number of sulfonamides is 1. The lowest BCUT2D eigenvalue weighted by Gasteiger charge is -2.32. The minimum absolute atomic E-state index is 0. The average Bonchev–Trinajstić information content (AvgIpc) is 3.24. The predicted octanol–water partition coefficient (Wildman–Crippen LogP) is 3.00. The number of nitrogens with one attached hydrogen (secondary N) is 1. The Hall–Kier alpha value is -1.93. The van der Waals surface area contributed by atoms with Gasteiger partial charge in [0.15, 0.2) is 0 Å². The van der Waals surface area contributed by atoms with Crippen LogP contribution in [0.4, 0.5) is 0 Å². The summed E-state index contributed by atoms with van der Waals surface area (Å²) in [6, 6.07) is 17.7. The summed E-state index contributed by atoms with van der Waals surface area (Å²) in [5.74, 6) is 0.0521. The number of hydrogen-bond acceptors (Lipinski definition) is 4. The van der Waals surface area contributed by atoms with E-state index in [1.54, 1.807) is 0 Å². The number of amides is 1. The van der Waals surface area contributed by atoms with Crippen LogP contribution in [0, 0.1) is 0 Å². The van der Waals surface area contributed by atoms with Crippen molar-refractivity contribution in [3.05, 3.63) is 71.3 Å². The van der Waals surface area contributed by atoms with Crippen LogP contribution in [0.1, 0.15) is 35.6 Å². The maximum absolute atomic E-state index is 13.1. The standard InChI is InChI=1S/C23H31N3O3S.ClH/c1-25(22(18-26-13-6-7-14-26)21-11-4-3-5-12-21)23(27)16-19-9-8-10-20(15-19)17-24-30(2,28)29;/h3-5,8-12,15,22,24H,6-7,13-14,16-18H2,1-2H3;1H. The molecule has 0 spiro atoms. The van der Waals surface area contributed by atoms with Crippen LogP contribution in [0.25, 0.3) is 0 Å². The molecule has 0 radical (unpaired) electrons. The van der Waals surface area contributed by atoms with Crippen molar-refractivity contribution in [3.63, 3.8) is 0 Å². The number of carbonyl (C=O) groups excluding carboxylic acids is 1. The molecule has 0 aliphatic carbocycles. The van der Waals surface area contributed by atoms with Gasteiger partial charge in [-0.25, -0.2) is 13.1 Å². The smallest absolute Gasteiger partial charge is 0.227 e. The second-order valence-electron chi connectivity index (χ2n) is 8.03. The molecular weight excluding hydrogens is 434 g/mol. The van der Waals surface area contributed by atoms with E-state index in [2.05, 4.69) is 21.8 Å². The Balaban J connectivity index is 0.00000341. The SMILES string of the molecule is CN(C(=O)Cc1cccc(CNS(C)(=O)=O)c1)C(CN1CCCC1)c1ccccc1.Cl. The second-order valence-corrected chi connectivity index (χ2v) is 9.86. The van der Waals surface area contributed by atoms with Gasteiger partial charge in [-0.1, -0.05) is 54.6 Å². The van der Waals surface area contributed by atoms with Crippen molar-refractivity contribution in [1.29, 1.82) is 0 Å².